The van der Waals surface area contributed by atoms with Crippen molar-refractivity contribution in [1.82, 2.24) is 4.72 Å². The van der Waals surface area contributed by atoms with Crippen LogP contribution in [-0.2, 0) is 6.54 Å². The first-order valence-corrected chi connectivity index (χ1v) is 4.99. The lowest BCUT2D eigenvalue weighted by atomic mass is 10.2. The molecule has 1 nitrogen and oxygen atoms in total. The predicted octanol–water partition coefficient (Wildman–Crippen LogP) is 3.23. The summed E-state index contributed by atoms with van der Waals surface area (Å²) in [7, 11) is 0. The molecule has 0 aliphatic rings. The van der Waals surface area contributed by atoms with Crippen molar-refractivity contribution in [3.8, 4) is 0 Å². The third-order valence-electron chi connectivity index (χ3n) is 1.44. The molecular formula is C8H8F3NS2. The fourth-order valence-electron chi connectivity index (χ4n) is 0.900. The molecule has 1 rings (SSSR count). The molecule has 1 N–H and O–H groups in total. The molecule has 0 unspecified atom stereocenters. The summed E-state index contributed by atoms with van der Waals surface area (Å²) in [6.07, 6.45) is 0. The average molecular weight is 239 g/mol. The summed E-state index contributed by atoms with van der Waals surface area (Å²) in [5.41, 5.74) is -3.32. The lowest BCUT2D eigenvalue weighted by Gasteiger charge is -2.06. The number of thiol groups is 1. The third kappa shape index (κ3) is 4.26. The van der Waals surface area contributed by atoms with E-state index in [1.165, 1.54) is 12.1 Å². The van der Waals surface area contributed by atoms with Crippen molar-refractivity contribution in [2.24, 2.45) is 0 Å². The Kier molecular flexibility index (Phi) is 4.15. The summed E-state index contributed by atoms with van der Waals surface area (Å²) in [5.74, 6) is 0. The van der Waals surface area contributed by atoms with Gasteiger partial charge in [0.25, 0.3) is 0 Å². The van der Waals surface area contributed by atoms with E-state index in [0.29, 0.717) is 6.54 Å². The van der Waals surface area contributed by atoms with Crippen molar-refractivity contribution in [1.29, 1.82) is 0 Å². The van der Waals surface area contributed by atoms with Crippen molar-refractivity contribution >= 4 is 24.6 Å². The summed E-state index contributed by atoms with van der Waals surface area (Å²) in [4.78, 5) is 0.195. The molecule has 1 aromatic rings. The molecule has 0 heterocycles. The molecule has 0 saturated heterocycles. The summed E-state index contributed by atoms with van der Waals surface area (Å²) >= 11 is 3.68. The van der Waals surface area contributed by atoms with Gasteiger partial charge < -0.3 is 0 Å². The second kappa shape index (κ2) is 4.95. The van der Waals surface area contributed by atoms with Gasteiger partial charge in [-0.25, -0.2) is 0 Å². The molecule has 0 amide bonds. The fraction of sp³-hybridized carbons (Fsp3) is 0.250. The zero-order valence-corrected chi connectivity index (χ0v) is 8.72. The van der Waals surface area contributed by atoms with Crippen molar-refractivity contribution in [2.45, 2.75) is 16.9 Å². The first-order valence-electron chi connectivity index (χ1n) is 3.73. The molecule has 6 heteroatoms. The van der Waals surface area contributed by atoms with Gasteiger partial charge in [-0.15, -0.1) is 0 Å². The van der Waals surface area contributed by atoms with Gasteiger partial charge in [0, 0.05) is 11.4 Å². The molecule has 78 valence electrons. The Balaban J connectivity index is 2.64. The van der Waals surface area contributed by atoms with Crippen LogP contribution < -0.4 is 4.72 Å². The number of hydrogen-bond acceptors (Lipinski definition) is 3. The number of halogens is 3. The first-order chi connectivity index (χ1) is 6.51. The quantitative estimate of drug-likeness (QED) is 0.620. The van der Waals surface area contributed by atoms with E-state index in [4.69, 9.17) is 0 Å². The van der Waals surface area contributed by atoms with Crippen LogP contribution in [0.25, 0.3) is 0 Å². The normalized spacial score (nSPS) is 11.7. The lowest BCUT2D eigenvalue weighted by Crippen LogP contribution is -2.00. The van der Waals surface area contributed by atoms with Crippen molar-refractivity contribution in [3.05, 3.63) is 29.8 Å². The van der Waals surface area contributed by atoms with E-state index in [-0.39, 0.29) is 16.7 Å². The van der Waals surface area contributed by atoms with Gasteiger partial charge in [-0.3, -0.25) is 4.72 Å². The molecule has 0 bridgehead atoms. The Morgan fingerprint density at radius 3 is 2.21 bits per heavy atom. The molecule has 0 spiro atoms. The highest BCUT2D eigenvalue weighted by molar-refractivity contribution is 8.00. The Labute approximate surface area is 89.6 Å². The fourth-order valence-corrected chi connectivity index (χ4v) is 1.62. The topological polar surface area (TPSA) is 12.0 Å². The number of rotatable bonds is 3. The van der Waals surface area contributed by atoms with E-state index < -0.39 is 5.51 Å². The largest absolute Gasteiger partial charge is 0.446 e. The number of nitrogens with one attached hydrogen (secondary N) is 1. The minimum absolute atomic E-state index is 0.112. The van der Waals surface area contributed by atoms with Gasteiger partial charge in [0.05, 0.1) is 0 Å². The highest BCUT2D eigenvalue weighted by atomic mass is 32.2. The molecule has 1 aromatic carbocycles. The van der Waals surface area contributed by atoms with Crippen molar-refractivity contribution in [3.63, 3.8) is 0 Å². The van der Waals surface area contributed by atoms with Gasteiger partial charge >= 0.3 is 5.51 Å². The van der Waals surface area contributed by atoms with Crippen molar-refractivity contribution in [2.75, 3.05) is 0 Å². The van der Waals surface area contributed by atoms with E-state index in [9.17, 15) is 13.2 Å². The SMILES string of the molecule is FC(F)(F)Sc1ccc(CNS)cc1. The van der Waals surface area contributed by atoms with E-state index in [1.54, 1.807) is 12.1 Å². The van der Waals surface area contributed by atoms with Crippen LogP contribution in [0.15, 0.2) is 29.2 Å². The van der Waals surface area contributed by atoms with E-state index >= 15 is 0 Å². The molecule has 0 fully saturated rings. The molecule has 0 aromatic heterocycles. The lowest BCUT2D eigenvalue weighted by molar-refractivity contribution is -0.0328. The van der Waals surface area contributed by atoms with Crippen molar-refractivity contribution < 1.29 is 13.2 Å². The first kappa shape index (κ1) is 11.7. The number of thioether (sulfide) groups is 1. The van der Waals surface area contributed by atoms with Gasteiger partial charge in [0.1, 0.15) is 0 Å². The summed E-state index contributed by atoms with van der Waals surface area (Å²) < 4.78 is 38.4. The maximum absolute atomic E-state index is 11.9. The van der Waals surface area contributed by atoms with Gasteiger partial charge in [0.2, 0.25) is 0 Å². The Hall–Kier alpha value is -0.330. The van der Waals surface area contributed by atoms with Gasteiger partial charge in [-0.2, -0.15) is 13.2 Å². The van der Waals surface area contributed by atoms with Crippen LogP contribution in [0.1, 0.15) is 5.56 Å². The Morgan fingerprint density at radius 2 is 1.79 bits per heavy atom. The van der Waals surface area contributed by atoms with Gasteiger partial charge in [-0.05, 0) is 29.5 Å². The average Bonchev–Trinajstić information content (AvgIpc) is 2.06. The molecule has 0 atom stereocenters. The van der Waals surface area contributed by atoms with Crippen LogP contribution in [-0.4, -0.2) is 5.51 Å². The zero-order chi connectivity index (χ0) is 10.6. The molecule has 14 heavy (non-hydrogen) atoms. The molecule has 0 saturated carbocycles. The highest BCUT2D eigenvalue weighted by Crippen LogP contribution is 2.36. The standard InChI is InChI=1S/C8H8F3NS2/c9-8(10,11)14-7-3-1-6(2-4-7)5-12-13/h1-4,12-13H,5H2. The van der Waals surface area contributed by atoms with Crippen LogP contribution in [0.5, 0.6) is 0 Å². The molecule has 0 aliphatic heterocycles. The second-order valence-corrected chi connectivity index (χ2v) is 3.98. The minimum atomic E-state index is -4.22. The predicted molar refractivity (Wildman–Crippen MR) is 54.2 cm³/mol. The maximum atomic E-state index is 11.9. The summed E-state index contributed by atoms with van der Waals surface area (Å²) in [6.45, 7) is 0.528. The molecular weight excluding hydrogens is 231 g/mol. The maximum Gasteiger partial charge on any atom is 0.446 e. The number of benzene rings is 1. The van der Waals surface area contributed by atoms with Crippen LogP contribution in [0.4, 0.5) is 13.2 Å². The Bertz CT molecular complexity index is 284. The smallest absolute Gasteiger partial charge is 0.262 e. The zero-order valence-electron chi connectivity index (χ0n) is 7.01. The number of alkyl halides is 3. The monoisotopic (exact) mass is 239 g/mol. The van der Waals surface area contributed by atoms with Gasteiger partial charge in [-0.1, -0.05) is 24.9 Å². The number of hydrogen-bond donors (Lipinski definition) is 2. The second-order valence-electron chi connectivity index (χ2n) is 2.53. The molecule has 0 radical (unpaired) electrons. The molecule has 0 aliphatic carbocycles. The summed E-state index contributed by atoms with van der Waals surface area (Å²) in [6, 6.07) is 6.16. The van der Waals surface area contributed by atoms with Crippen LogP contribution in [0, 0.1) is 0 Å². The van der Waals surface area contributed by atoms with E-state index in [0.717, 1.165) is 5.56 Å². The minimum Gasteiger partial charge on any atom is -0.262 e. The Morgan fingerprint density at radius 1 is 1.21 bits per heavy atom. The highest BCUT2D eigenvalue weighted by Gasteiger charge is 2.28. The van der Waals surface area contributed by atoms with Crippen LogP contribution >= 0.6 is 24.6 Å². The van der Waals surface area contributed by atoms with Crippen LogP contribution in [0.2, 0.25) is 0 Å². The third-order valence-corrected chi connectivity index (χ3v) is 2.34. The summed E-state index contributed by atoms with van der Waals surface area (Å²) in [5, 5.41) is 0. The van der Waals surface area contributed by atoms with Crippen LogP contribution in [0.3, 0.4) is 0 Å². The van der Waals surface area contributed by atoms with E-state index in [2.05, 4.69) is 17.5 Å². The van der Waals surface area contributed by atoms with Gasteiger partial charge in [0.15, 0.2) is 0 Å². The van der Waals surface area contributed by atoms with E-state index in [1.807, 2.05) is 0 Å².